The lowest BCUT2D eigenvalue weighted by Crippen LogP contribution is -2.34. The van der Waals surface area contributed by atoms with Crippen LogP contribution in [0.5, 0.6) is 0 Å². The fraction of sp³-hybridized carbons (Fsp3) is 0.458. The van der Waals surface area contributed by atoms with Crippen molar-refractivity contribution in [3.05, 3.63) is 70.2 Å². The Balaban J connectivity index is 1.53. The summed E-state index contributed by atoms with van der Waals surface area (Å²) < 4.78 is 6.00. The molecule has 0 spiro atoms. The molecule has 3 rings (SSSR count). The molecule has 7 heteroatoms. The third kappa shape index (κ3) is 7.21. The molecule has 0 aliphatic carbocycles. The Labute approximate surface area is 194 Å². The van der Waals surface area contributed by atoms with Gasteiger partial charge in [-0.1, -0.05) is 25.2 Å². The number of ether oxygens (including phenoxy) is 1. The molecule has 3 heterocycles. The molecule has 2 aromatic rings. The number of thioether (sulfide) groups is 1. The van der Waals surface area contributed by atoms with E-state index in [1.54, 1.807) is 23.1 Å². The van der Waals surface area contributed by atoms with Gasteiger partial charge in [0.25, 0.3) is 0 Å². The molecule has 0 unspecified atom stereocenters. The van der Waals surface area contributed by atoms with Crippen LogP contribution in [-0.2, 0) is 17.8 Å². The average molecular weight is 457 g/mol. The molecule has 1 aliphatic rings. The molecule has 1 saturated heterocycles. The third-order valence-electron chi connectivity index (χ3n) is 5.12. The Kier molecular flexibility index (Phi) is 9.15. The Morgan fingerprint density at radius 2 is 2.06 bits per heavy atom. The Morgan fingerprint density at radius 1 is 1.32 bits per heavy atom. The molecule has 1 fully saturated rings. The monoisotopic (exact) mass is 456 g/mol. The molecular formula is C24H32N4OS2. The quantitative estimate of drug-likeness (QED) is 0.334. The number of nitrogens with zero attached hydrogens (tertiary/aromatic N) is 4. The van der Waals surface area contributed by atoms with Gasteiger partial charge >= 0.3 is 0 Å². The predicted molar refractivity (Wildman–Crippen MR) is 133 cm³/mol. The molecule has 5 nitrogen and oxygen atoms in total. The predicted octanol–water partition coefficient (Wildman–Crippen LogP) is 5.78. The smallest absolute Gasteiger partial charge is 0.225 e. The van der Waals surface area contributed by atoms with E-state index in [2.05, 4.69) is 46.1 Å². The van der Waals surface area contributed by atoms with E-state index in [1.165, 1.54) is 10.6 Å². The van der Waals surface area contributed by atoms with Crippen LogP contribution in [-0.4, -0.2) is 40.1 Å². The first-order valence-corrected chi connectivity index (χ1v) is 13.0. The number of allylic oxidation sites excluding steroid dienone is 3. The molecule has 0 bridgehead atoms. The van der Waals surface area contributed by atoms with E-state index < -0.39 is 0 Å². The van der Waals surface area contributed by atoms with Crippen molar-refractivity contribution >= 4 is 29.0 Å². The fourth-order valence-corrected chi connectivity index (χ4v) is 4.66. The number of hydrogen-bond acceptors (Lipinski definition) is 7. The van der Waals surface area contributed by atoms with Gasteiger partial charge in [-0.05, 0) is 50.2 Å². The van der Waals surface area contributed by atoms with Gasteiger partial charge in [0.15, 0.2) is 0 Å². The van der Waals surface area contributed by atoms with Gasteiger partial charge < -0.3 is 9.64 Å². The molecule has 1 aliphatic heterocycles. The molecule has 31 heavy (non-hydrogen) atoms. The summed E-state index contributed by atoms with van der Waals surface area (Å²) in [7, 11) is 0. The van der Waals surface area contributed by atoms with Crippen LogP contribution in [0.1, 0.15) is 48.9 Å². The summed E-state index contributed by atoms with van der Waals surface area (Å²) in [6.07, 6.45) is 15.2. The molecule has 0 N–H and O–H groups in total. The van der Waals surface area contributed by atoms with Crippen molar-refractivity contribution in [1.82, 2.24) is 15.0 Å². The number of aryl methyl sites for hydroxylation is 1. The van der Waals surface area contributed by atoms with E-state index in [1.807, 2.05) is 31.5 Å². The topological polar surface area (TPSA) is 51.1 Å². The van der Waals surface area contributed by atoms with Gasteiger partial charge in [-0.3, -0.25) is 0 Å². The van der Waals surface area contributed by atoms with E-state index in [-0.39, 0.29) is 0 Å². The van der Waals surface area contributed by atoms with Crippen LogP contribution in [0, 0.1) is 0 Å². The lowest BCUT2D eigenvalue weighted by atomic mass is 9.98. The van der Waals surface area contributed by atoms with Crippen molar-refractivity contribution < 1.29 is 4.74 Å². The van der Waals surface area contributed by atoms with Gasteiger partial charge in [0.05, 0.1) is 10.7 Å². The van der Waals surface area contributed by atoms with Crippen molar-refractivity contribution in [3.8, 4) is 0 Å². The summed E-state index contributed by atoms with van der Waals surface area (Å²) in [6.45, 7) is 10.5. The average Bonchev–Trinajstić information content (AvgIpc) is 3.26. The van der Waals surface area contributed by atoms with Crippen LogP contribution >= 0.6 is 23.1 Å². The summed E-state index contributed by atoms with van der Waals surface area (Å²) in [5, 5.41) is 3.34. The largest absolute Gasteiger partial charge is 0.487 e. The normalized spacial score (nSPS) is 15.6. The number of thiazole rings is 1. The summed E-state index contributed by atoms with van der Waals surface area (Å²) >= 11 is 3.53. The second-order valence-electron chi connectivity index (χ2n) is 7.72. The summed E-state index contributed by atoms with van der Waals surface area (Å²) in [4.78, 5) is 16.2. The van der Waals surface area contributed by atoms with Crippen molar-refractivity contribution in [2.75, 3.05) is 30.0 Å². The summed E-state index contributed by atoms with van der Waals surface area (Å²) in [6, 6.07) is 0. The standard InChI is InChI=1S/C24H32N4OS2/c1-5-19-14-25-24(26-15-19)28-10-8-20(9-11-28)23-27-21(17-31-23)16-29-22(13-18(2)3)7-6-12-30-4/h6-7,13-15,17,20H,2,5,8-12,16H2,1,3-4H3/b7-6-,22-13+. The number of anilines is 1. The molecule has 0 atom stereocenters. The zero-order valence-corrected chi connectivity index (χ0v) is 20.3. The Hall–Kier alpha value is -2.12. The Bertz CT molecular complexity index is 897. The minimum absolute atomic E-state index is 0.482. The maximum atomic E-state index is 6.00. The number of piperidine rings is 1. The fourth-order valence-electron chi connectivity index (χ4n) is 3.40. The van der Waals surface area contributed by atoms with Gasteiger partial charge in [-0.2, -0.15) is 11.8 Å². The van der Waals surface area contributed by atoms with Crippen LogP contribution in [0.15, 0.2) is 53.9 Å². The van der Waals surface area contributed by atoms with E-state index in [9.17, 15) is 0 Å². The van der Waals surface area contributed by atoms with E-state index >= 15 is 0 Å². The number of rotatable bonds is 10. The highest BCUT2D eigenvalue weighted by atomic mass is 32.2. The van der Waals surface area contributed by atoms with Crippen molar-refractivity contribution in [2.45, 2.75) is 45.6 Å². The van der Waals surface area contributed by atoms with E-state index in [0.717, 1.165) is 61.1 Å². The first kappa shape index (κ1) is 23.5. The van der Waals surface area contributed by atoms with E-state index in [0.29, 0.717) is 12.5 Å². The second kappa shape index (κ2) is 12.1. The number of aromatic nitrogens is 3. The molecule has 0 saturated carbocycles. The van der Waals surface area contributed by atoms with Crippen molar-refractivity contribution in [2.24, 2.45) is 0 Å². The highest BCUT2D eigenvalue weighted by Gasteiger charge is 2.24. The summed E-state index contributed by atoms with van der Waals surface area (Å²) in [5.74, 6) is 3.13. The molecule has 0 aromatic carbocycles. The summed E-state index contributed by atoms with van der Waals surface area (Å²) in [5.41, 5.74) is 3.15. The maximum Gasteiger partial charge on any atom is 0.225 e. The number of hydrogen-bond donors (Lipinski definition) is 0. The lowest BCUT2D eigenvalue weighted by Gasteiger charge is -2.31. The van der Waals surface area contributed by atoms with Crippen LogP contribution in [0.4, 0.5) is 5.95 Å². The van der Waals surface area contributed by atoms with E-state index in [4.69, 9.17) is 9.72 Å². The highest BCUT2D eigenvalue weighted by molar-refractivity contribution is 7.98. The molecule has 166 valence electrons. The molecule has 2 aromatic heterocycles. The molecule has 0 radical (unpaired) electrons. The zero-order chi connectivity index (χ0) is 22.1. The van der Waals surface area contributed by atoms with Gasteiger partial charge in [0.1, 0.15) is 12.4 Å². The zero-order valence-electron chi connectivity index (χ0n) is 18.7. The van der Waals surface area contributed by atoms with Gasteiger partial charge in [0, 0.05) is 42.5 Å². The molecular weight excluding hydrogens is 424 g/mol. The molecule has 0 amide bonds. The van der Waals surface area contributed by atoms with Gasteiger partial charge in [-0.25, -0.2) is 15.0 Å². The SMILES string of the molecule is C=C(C)/C=C(\C=C/CSC)OCc1csc(C2CCN(c3ncc(CC)cn3)CC2)n1. The maximum absolute atomic E-state index is 6.00. The first-order chi connectivity index (χ1) is 15.1. The highest BCUT2D eigenvalue weighted by Crippen LogP contribution is 2.31. The van der Waals surface area contributed by atoms with Crippen LogP contribution < -0.4 is 4.90 Å². The van der Waals surface area contributed by atoms with Gasteiger partial charge in [-0.15, -0.1) is 11.3 Å². The minimum Gasteiger partial charge on any atom is -0.487 e. The van der Waals surface area contributed by atoms with Gasteiger partial charge in [0.2, 0.25) is 5.95 Å². The first-order valence-electron chi connectivity index (χ1n) is 10.7. The van der Waals surface area contributed by atoms with Crippen LogP contribution in [0.2, 0.25) is 0 Å². The van der Waals surface area contributed by atoms with Crippen LogP contribution in [0.25, 0.3) is 0 Å². The van der Waals surface area contributed by atoms with Crippen LogP contribution in [0.3, 0.4) is 0 Å². The lowest BCUT2D eigenvalue weighted by molar-refractivity contribution is 0.207. The second-order valence-corrected chi connectivity index (χ2v) is 9.52. The van der Waals surface area contributed by atoms with Crippen molar-refractivity contribution in [3.63, 3.8) is 0 Å². The minimum atomic E-state index is 0.482. The Morgan fingerprint density at radius 3 is 2.71 bits per heavy atom. The van der Waals surface area contributed by atoms with Crippen molar-refractivity contribution in [1.29, 1.82) is 0 Å². The third-order valence-corrected chi connectivity index (χ3v) is 6.70.